The highest BCUT2D eigenvalue weighted by Crippen LogP contribution is 2.34. The van der Waals surface area contributed by atoms with E-state index in [2.05, 4.69) is 5.32 Å². The van der Waals surface area contributed by atoms with Crippen LogP contribution in [0.3, 0.4) is 0 Å². The van der Waals surface area contributed by atoms with E-state index in [1.807, 2.05) is 6.07 Å². The number of nitrogens with zero attached hydrogens (tertiary/aromatic N) is 1. The van der Waals surface area contributed by atoms with Gasteiger partial charge in [-0.15, -0.1) is 0 Å². The average Bonchev–Trinajstić information content (AvgIpc) is 2.61. The number of carbonyl (C=O) groups is 1. The first kappa shape index (κ1) is 18.1. The molecule has 0 aliphatic carbocycles. The number of anilines is 1. The summed E-state index contributed by atoms with van der Waals surface area (Å²) >= 11 is 0. The Kier molecular flexibility index (Phi) is 5.79. The van der Waals surface area contributed by atoms with Crippen LogP contribution < -0.4 is 14.8 Å². The highest BCUT2D eigenvalue weighted by molar-refractivity contribution is 5.67. The third kappa shape index (κ3) is 4.38. The topological polar surface area (TPSA) is 80.6 Å². The minimum Gasteiger partial charge on any atom is -0.493 e. The fraction of sp³-hybridized carbons (Fsp3) is 0.222. The Morgan fingerprint density at radius 3 is 2.28 bits per heavy atom. The molecule has 0 spiro atoms. The third-order valence-corrected chi connectivity index (χ3v) is 3.38. The normalized spacial score (nSPS) is 11.2. The van der Waals surface area contributed by atoms with Crippen molar-refractivity contribution >= 4 is 11.7 Å². The molecule has 0 amide bonds. The molecule has 2 aromatic rings. The van der Waals surface area contributed by atoms with Crippen LogP contribution in [0, 0.1) is 17.1 Å². The van der Waals surface area contributed by atoms with Crippen LogP contribution in [-0.2, 0) is 9.53 Å². The van der Waals surface area contributed by atoms with E-state index >= 15 is 0 Å². The van der Waals surface area contributed by atoms with E-state index in [4.69, 9.17) is 19.5 Å². The Hall–Kier alpha value is -3.27. The summed E-state index contributed by atoms with van der Waals surface area (Å²) in [5.74, 6) is -0.674. The van der Waals surface area contributed by atoms with Crippen LogP contribution >= 0.6 is 0 Å². The van der Waals surface area contributed by atoms with E-state index in [0.717, 1.165) is 6.07 Å². The minimum absolute atomic E-state index is 0.0807. The second-order valence-electron chi connectivity index (χ2n) is 5.05. The third-order valence-electron chi connectivity index (χ3n) is 3.38. The zero-order valence-electron chi connectivity index (χ0n) is 14.0. The lowest BCUT2D eigenvalue weighted by atomic mass is 10.1. The molecule has 1 atom stereocenters. The van der Waals surface area contributed by atoms with Crippen LogP contribution in [0.1, 0.15) is 24.3 Å². The smallest absolute Gasteiger partial charge is 0.304 e. The molecule has 25 heavy (non-hydrogen) atoms. The van der Waals surface area contributed by atoms with Gasteiger partial charge in [0.05, 0.1) is 31.4 Å². The molecule has 7 heteroatoms. The summed E-state index contributed by atoms with van der Waals surface area (Å²) < 4.78 is 29.9. The maximum Gasteiger partial charge on any atom is 0.304 e. The van der Waals surface area contributed by atoms with E-state index in [1.54, 1.807) is 24.3 Å². The van der Waals surface area contributed by atoms with Crippen LogP contribution in [0.4, 0.5) is 10.1 Å². The highest BCUT2D eigenvalue weighted by Gasteiger charge is 2.22. The van der Waals surface area contributed by atoms with Crippen molar-refractivity contribution in [1.29, 1.82) is 5.26 Å². The molecule has 0 fully saturated rings. The Balaban J connectivity index is 2.39. The van der Waals surface area contributed by atoms with Crippen molar-refractivity contribution in [3.05, 3.63) is 53.3 Å². The number of hydrogen-bond donors (Lipinski definition) is 1. The Morgan fingerprint density at radius 1 is 1.16 bits per heavy atom. The molecule has 0 aromatic heterocycles. The largest absolute Gasteiger partial charge is 0.493 e. The SMILES string of the molecule is COc1cc(F)c(C(Nc2ccc(C#N)cc2)OC(C)=O)cc1OC. The van der Waals surface area contributed by atoms with E-state index in [-0.39, 0.29) is 11.3 Å². The van der Waals surface area contributed by atoms with Crippen molar-refractivity contribution in [3.8, 4) is 17.6 Å². The molecule has 6 nitrogen and oxygen atoms in total. The Morgan fingerprint density at radius 2 is 1.76 bits per heavy atom. The monoisotopic (exact) mass is 344 g/mol. The summed E-state index contributed by atoms with van der Waals surface area (Å²) in [7, 11) is 2.82. The molecule has 1 N–H and O–H groups in total. The first-order valence-corrected chi connectivity index (χ1v) is 7.33. The molecule has 1 unspecified atom stereocenters. The number of carbonyl (C=O) groups excluding carboxylic acids is 1. The second kappa shape index (κ2) is 8.02. The molecular weight excluding hydrogens is 327 g/mol. The van der Waals surface area contributed by atoms with E-state index in [9.17, 15) is 9.18 Å². The van der Waals surface area contributed by atoms with Crippen LogP contribution in [0.15, 0.2) is 36.4 Å². The van der Waals surface area contributed by atoms with Gasteiger partial charge in [-0.2, -0.15) is 5.26 Å². The van der Waals surface area contributed by atoms with Crippen molar-refractivity contribution in [2.75, 3.05) is 19.5 Å². The predicted molar refractivity (Wildman–Crippen MR) is 88.8 cm³/mol. The molecular formula is C18H17FN2O4. The van der Waals surface area contributed by atoms with Gasteiger partial charge in [0, 0.05) is 18.7 Å². The number of rotatable bonds is 6. The summed E-state index contributed by atoms with van der Waals surface area (Å²) in [4.78, 5) is 11.4. The summed E-state index contributed by atoms with van der Waals surface area (Å²) in [6.45, 7) is 1.23. The summed E-state index contributed by atoms with van der Waals surface area (Å²) in [6, 6.07) is 11.0. The van der Waals surface area contributed by atoms with E-state index in [1.165, 1.54) is 27.2 Å². The standard InChI is InChI=1S/C18H17FN2O4/c1-11(22)25-18(21-13-6-4-12(10-20)5-7-13)14-8-16(23-2)17(24-3)9-15(14)19/h4-9,18,21H,1-3H3. The number of hydrogen-bond acceptors (Lipinski definition) is 6. The quantitative estimate of drug-likeness (QED) is 0.639. The van der Waals surface area contributed by atoms with Gasteiger partial charge in [0.15, 0.2) is 11.5 Å². The predicted octanol–water partition coefficient (Wildman–Crippen LogP) is 3.39. The zero-order valence-corrected chi connectivity index (χ0v) is 14.0. The highest BCUT2D eigenvalue weighted by atomic mass is 19.1. The maximum atomic E-state index is 14.5. The number of halogens is 1. The van der Waals surface area contributed by atoms with Crippen molar-refractivity contribution in [3.63, 3.8) is 0 Å². The van der Waals surface area contributed by atoms with Gasteiger partial charge < -0.3 is 19.5 Å². The van der Waals surface area contributed by atoms with Crippen LogP contribution in [0.2, 0.25) is 0 Å². The molecule has 0 bridgehead atoms. The Labute approximate surface area is 144 Å². The van der Waals surface area contributed by atoms with Crippen molar-refractivity contribution in [1.82, 2.24) is 0 Å². The fourth-order valence-electron chi connectivity index (χ4n) is 2.20. The number of nitriles is 1. The van der Waals surface area contributed by atoms with Gasteiger partial charge in [0.25, 0.3) is 0 Å². The molecule has 0 radical (unpaired) electrons. The number of benzene rings is 2. The first-order valence-electron chi connectivity index (χ1n) is 7.33. The minimum atomic E-state index is -1.08. The molecule has 2 aromatic carbocycles. The summed E-state index contributed by atoms with van der Waals surface area (Å²) in [6.07, 6.45) is -1.08. The molecule has 0 heterocycles. The van der Waals surface area contributed by atoms with E-state index in [0.29, 0.717) is 17.0 Å². The number of esters is 1. The van der Waals surface area contributed by atoms with E-state index < -0.39 is 18.0 Å². The molecule has 0 saturated carbocycles. The molecule has 0 aliphatic rings. The zero-order chi connectivity index (χ0) is 18.4. The van der Waals surface area contributed by atoms with Crippen molar-refractivity contribution in [2.45, 2.75) is 13.2 Å². The lowest BCUT2D eigenvalue weighted by molar-refractivity contribution is -0.145. The fourth-order valence-corrected chi connectivity index (χ4v) is 2.20. The van der Waals surface area contributed by atoms with Gasteiger partial charge in [0.2, 0.25) is 6.23 Å². The molecule has 0 saturated heterocycles. The van der Waals surface area contributed by atoms with Crippen LogP contribution in [0.5, 0.6) is 11.5 Å². The number of methoxy groups -OCH3 is 2. The van der Waals surface area contributed by atoms with Gasteiger partial charge in [-0.25, -0.2) is 4.39 Å². The van der Waals surface area contributed by atoms with Crippen LogP contribution in [0.25, 0.3) is 0 Å². The molecule has 2 rings (SSSR count). The Bertz CT molecular complexity index is 800. The van der Waals surface area contributed by atoms with Gasteiger partial charge >= 0.3 is 5.97 Å². The molecule has 130 valence electrons. The summed E-state index contributed by atoms with van der Waals surface area (Å²) in [5, 5.41) is 11.8. The van der Waals surface area contributed by atoms with Gasteiger partial charge in [-0.1, -0.05) is 0 Å². The lowest BCUT2D eigenvalue weighted by Gasteiger charge is -2.21. The van der Waals surface area contributed by atoms with Gasteiger partial charge in [0.1, 0.15) is 5.82 Å². The van der Waals surface area contributed by atoms with Gasteiger partial charge in [-0.3, -0.25) is 4.79 Å². The second-order valence-corrected chi connectivity index (χ2v) is 5.05. The number of nitrogens with one attached hydrogen (secondary N) is 1. The first-order chi connectivity index (χ1) is 12.0. The lowest BCUT2D eigenvalue weighted by Crippen LogP contribution is -2.19. The summed E-state index contributed by atoms with van der Waals surface area (Å²) in [5.41, 5.74) is 1.11. The number of ether oxygens (including phenoxy) is 3. The van der Waals surface area contributed by atoms with Gasteiger partial charge in [-0.05, 0) is 30.3 Å². The average molecular weight is 344 g/mol. The van der Waals surface area contributed by atoms with Crippen molar-refractivity contribution < 1.29 is 23.4 Å². The maximum absolute atomic E-state index is 14.5. The van der Waals surface area contributed by atoms with Crippen LogP contribution in [-0.4, -0.2) is 20.2 Å². The van der Waals surface area contributed by atoms with Crippen molar-refractivity contribution in [2.24, 2.45) is 0 Å². The molecule has 0 aliphatic heterocycles.